The first-order valence-electron chi connectivity index (χ1n) is 8.01. The highest BCUT2D eigenvalue weighted by Crippen LogP contribution is 2.28. The maximum absolute atomic E-state index is 12.7. The van der Waals surface area contributed by atoms with Crippen molar-refractivity contribution in [1.29, 1.82) is 0 Å². The van der Waals surface area contributed by atoms with E-state index in [0.29, 0.717) is 11.6 Å². The van der Waals surface area contributed by atoms with Gasteiger partial charge in [0.1, 0.15) is 0 Å². The summed E-state index contributed by atoms with van der Waals surface area (Å²) in [6.45, 7) is 3.91. The van der Waals surface area contributed by atoms with Crippen LogP contribution < -0.4 is 5.32 Å². The molecule has 1 amide bonds. The highest BCUT2D eigenvalue weighted by molar-refractivity contribution is 9.10. The summed E-state index contributed by atoms with van der Waals surface area (Å²) in [5.41, 5.74) is 2.54. The number of rotatable bonds is 5. The van der Waals surface area contributed by atoms with E-state index in [4.69, 9.17) is 0 Å². The summed E-state index contributed by atoms with van der Waals surface area (Å²) < 4.78 is 1.03. The van der Waals surface area contributed by atoms with Crippen LogP contribution in [-0.4, -0.2) is 10.9 Å². The predicted molar refractivity (Wildman–Crippen MR) is 108 cm³/mol. The van der Waals surface area contributed by atoms with Gasteiger partial charge in [-0.05, 0) is 24.1 Å². The van der Waals surface area contributed by atoms with Gasteiger partial charge in [0, 0.05) is 20.8 Å². The summed E-state index contributed by atoms with van der Waals surface area (Å²) in [6.07, 6.45) is 0.685. The van der Waals surface area contributed by atoms with Crippen LogP contribution in [0.1, 0.15) is 19.4 Å². The molecule has 1 aromatic heterocycles. The van der Waals surface area contributed by atoms with Crippen molar-refractivity contribution in [1.82, 2.24) is 4.98 Å². The molecule has 128 valence electrons. The molecule has 25 heavy (non-hydrogen) atoms. The minimum atomic E-state index is -0.509. The first-order chi connectivity index (χ1) is 11.9. The molecule has 1 heterocycles. The lowest BCUT2D eigenvalue weighted by atomic mass is 9.85. The average Bonchev–Trinajstić information content (AvgIpc) is 3.04. The van der Waals surface area contributed by atoms with Crippen molar-refractivity contribution in [3.8, 4) is 11.3 Å². The van der Waals surface area contributed by atoms with Crippen molar-refractivity contribution in [2.75, 3.05) is 5.32 Å². The lowest BCUT2D eigenvalue weighted by Crippen LogP contribution is -2.32. The molecule has 1 N–H and O–H groups in total. The molecule has 3 aromatic rings. The van der Waals surface area contributed by atoms with E-state index >= 15 is 0 Å². The molecular formula is C20H19BrN2OS. The number of nitrogens with zero attached hydrogens (tertiary/aromatic N) is 1. The molecule has 5 heteroatoms. The van der Waals surface area contributed by atoms with Gasteiger partial charge in [-0.2, -0.15) is 0 Å². The fraction of sp³-hybridized carbons (Fsp3) is 0.200. The molecule has 0 bridgehead atoms. The lowest BCUT2D eigenvalue weighted by molar-refractivity contribution is -0.123. The van der Waals surface area contributed by atoms with Gasteiger partial charge in [0.05, 0.1) is 5.69 Å². The Morgan fingerprint density at radius 1 is 1.12 bits per heavy atom. The normalized spacial score (nSPS) is 11.3. The van der Waals surface area contributed by atoms with Gasteiger partial charge in [0.2, 0.25) is 5.91 Å². The molecule has 3 rings (SSSR count). The van der Waals surface area contributed by atoms with Crippen LogP contribution in [0.3, 0.4) is 0 Å². The van der Waals surface area contributed by atoms with Gasteiger partial charge in [-0.15, -0.1) is 11.3 Å². The van der Waals surface area contributed by atoms with Crippen LogP contribution in [0.25, 0.3) is 11.3 Å². The second-order valence-corrected chi connectivity index (χ2v) is 8.32. The number of thiazole rings is 1. The summed E-state index contributed by atoms with van der Waals surface area (Å²) in [5.74, 6) is -0.0203. The molecule has 0 saturated heterocycles. The molecule has 0 unspecified atom stereocenters. The van der Waals surface area contributed by atoms with E-state index in [2.05, 4.69) is 26.2 Å². The highest BCUT2D eigenvalue weighted by atomic mass is 79.9. The molecule has 0 spiro atoms. The Bertz CT molecular complexity index is 857. The first-order valence-corrected chi connectivity index (χ1v) is 9.68. The van der Waals surface area contributed by atoms with E-state index in [1.165, 1.54) is 11.3 Å². The third-order valence-corrected chi connectivity index (χ3v) is 5.25. The van der Waals surface area contributed by atoms with Crippen molar-refractivity contribution in [3.05, 3.63) is 70.0 Å². The standard InChI is InChI=1S/C20H19BrN2OS/c1-20(2,12-14-6-4-3-5-7-14)18(24)23-19-22-17(13-25-19)15-8-10-16(21)11-9-15/h3-11,13H,12H2,1-2H3,(H,22,23,24). The molecule has 2 aromatic carbocycles. The minimum Gasteiger partial charge on any atom is -0.301 e. The third kappa shape index (κ3) is 4.55. The largest absolute Gasteiger partial charge is 0.301 e. The van der Waals surface area contributed by atoms with E-state index in [0.717, 1.165) is 21.3 Å². The summed E-state index contributed by atoms with van der Waals surface area (Å²) >= 11 is 4.87. The molecule has 0 radical (unpaired) electrons. The topological polar surface area (TPSA) is 42.0 Å². The smallest absolute Gasteiger partial charge is 0.232 e. The zero-order chi connectivity index (χ0) is 17.9. The van der Waals surface area contributed by atoms with E-state index in [1.54, 1.807) is 0 Å². The van der Waals surface area contributed by atoms with E-state index in [1.807, 2.05) is 73.8 Å². The minimum absolute atomic E-state index is 0.0203. The van der Waals surface area contributed by atoms with Crippen LogP contribution in [0.4, 0.5) is 5.13 Å². The van der Waals surface area contributed by atoms with Gasteiger partial charge in [0.15, 0.2) is 5.13 Å². The molecule has 0 atom stereocenters. The van der Waals surface area contributed by atoms with Crippen LogP contribution >= 0.6 is 27.3 Å². The molecule has 0 aliphatic carbocycles. The number of halogens is 1. The van der Waals surface area contributed by atoms with Gasteiger partial charge in [-0.25, -0.2) is 4.98 Å². The van der Waals surface area contributed by atoms with Gasteiger partial charge in [-0.3, -0.25) is 4.79 Å². The van der Waals surface area contributed by atoms with Crippen LogP contribution in [0.5, 0.6) is 0 Å². The third-order valence-electron chi connectivity index (χ3n) is 3.97. The van der Waals surface area contributed by atoms with E-state index in [9.17, 15) is 4.79 Å². The number of anilines is 1. The highest BCUT2D eigenvalue weighted by Gasteiger charge is 2.28. The Morgan fingerprint density at radius 3 is 2.48 bits per heavy atom. The maximum Gasteiger partial charge on any atom is 0.232 e. The number of carbonyl (C=O) groups excluding carboxylic acids is 1. The SMILES string of the molecule is CC(C)(Cc1ccccc1)C(=O)Nc1nc(-c2ccc(Br)cc2)cs1. The van der Waals surface area contributed by atoms with Crippen LogP contribution in [0.15, 0.2) is 64.5 Å². The Labute approximate surface area is 160 Å². The number of nitrogens with one attached hydrogen (secondary N) is 1. The molecular weight excluding hydrogens is 396 g/mol. The lowest BCUT2D eigenvalue weighted by Gasteiger charge is -2.22. The molecule has 0 fully saturated rings. The molecule has 3 nitrogen and oxygen atoms in total. The predicted octanol–water partition coefficient (Wildman–Crippen LogP) is 5.78. The van der Waals surface area contributed by atoms with Crippen molar-refractivity contribution in [3.63, 3.8) is 0 Å². The monoisotopic (exact) mass is 414 g/mol. The Hall–Kier alpha value is -1.98. The Balaban J connectivity index is 1.69. The van der Waals surface area contributed by atoms with E-state index < -0.39 is 5.41 Å². The van der Waals surface area contributed by atoms with Gasteiger partial charge in [0.25, 0.3) is 0 Å². The fourth-order valence-electron chi connectivity index (χ4n) is 2.54. The molecule has 0 saturated carbocycles. The van der Waals surface area contributed by atoms with Crippen molar-refractivity contribution >= 4 is 38.3 Å². The Kier molecular flexibility index (Phi) is 5.35. The second-order valence-electron chi connectivity index (χ2n) is 6.55. The van der Waals surface area contributed by atoms with Crippen molar-refractivity contribution in [2.45, 2.75) is 20.3 Å². The maximum atomic E-state index is 12.7. The summed E-state index contributed by atoms with van der Waals surface area (Å²) in [4.78, 5) is 17.2. The van der Waals surface area contributed by atoms with Crippen molar-refractivity contribution < 1.29 is 4.79 Å². The van der Waals surface area contributed by atoms with Crippen molar-refractivity contribution in [2.24, 2.45) is 5.41 Å². The summed E-state index contributed by atoms with van der Waals surface area (Å²) in [6, 6.07) is 18.0. The number of amides is 1. The summed E-state index contributed by atoms with van der Waals surface area (Å²) in [7, 11) is 0. The number of hydrogen-bond acceptors (Lipinski definition) is 3. The van der Waals surface area contributed by atoms with Gasteiger partial charge >= 0.3 is 0 Å². The van der Waals surface area contributed by atoms with Crippen LogP contribution in [0, 0.1) is 5.41 Å². The fourth-order valence-corrected chi connectivity index (χ4v) is 3.52. The number of aromatic nitrogens is 1. The zero-order valence-corrected chi connectivity index (χ0v) is 16.5. The number of hydrogen-bond donors (Lipinski definition) is 1. The summed E-state index contributed by atoms with van der Waals surface area (Å²) in [5, 5.41) is 5.55. The second kappa shape index (κ2) is 7.50. The van der Waals surface area contributed by atoms with E-state index in [-0.39, 0.29) is 5.91 Å². The average molecular weight is 415 g/mol. The quantitative estimate of drug-likeness (QED) is 0.574. The van der Waals surface area contributed by atoms with Gasteiger partial charge in [-0.1, -0.05) is 72.2 Å². The Morgan fingerprint density at radius 2 is 1.80 bits per heavy atom. The van der Waals surface area contributed by atoms with Gasteiger partial charge < -0.3 is 5.32 Å². The molecule has 0 aliphatic rings. The van der Waals surface area contributed by atoms with Crippen LogP contribution in [-0.2, 0) is 11.2 Å². The molecule has 0 aliphatic heterocycles. The number of carbonyl (C=O) groups is 1. The zero-order valence-electron chi connectivity index (χ0n) is 14.1. The number of benzene rings is 2. The van der Waals surface area contributed by atoms with Crippen LogP contribution in [0.2, 0.25) is 0 Å². The first kappa shape index (κ1) is 17.8.